The van der Waals surface area contributed by atoms with E-state index in [0.29, 0.717) is 18.1 Å². The molecule has 1 heterocycles. The number of hydrogen-bond donors (Lipinski definition) is 1. The van der Waals surface area contributed by atoms with Crippen LogP contribution in [0.1, 0.15) is 19.4 Å². The number of halogens is 1. The molecule has 0 radical (unpaired) electrons. The van der Waals surface area contributed by atoms with E-state index >= 15 is 0 Å². The zero-order valence-corrected chi connectivity index (χ0v) is 13.9. The Kier molecular flexibility index (Phi) is 4.56. The van der Waals surface area contributed by atoms with Gasteiger partial charge in [0.1, 0.15) is 0 Å². The third-order valence-corrected chi connectivity index (χ3v) is 6.15. The Hall–Kier alpha value is -1.17. The van der Waals surface area contributed by atoms with Crippen LogP contribution in [0.2, 0.25) is 5.02 Å². The molecule has 1 aromatic heterocycles. The lowest BCUT2D eigenvalue weighted by molar-refractivity contribution is 0.522. The zero-order valence-electron chi connectivity index (χ0n) is 12.4. The van der Waals surface area contributed by atoms with E-state index in [1.165, 1.54) is 6.26 Å². The van der Waals surface area contributed by atoms with Crippen molar-refractivity contribution in [1.82, 2.24) is 10.3 Å². The molecule has 114 valence electrons. The van der Waals surface area contributed by atoms with Crippen molar-refractivity contribution in [3.8, 4) is 0 Å². The van der Waals surface area contributed by atoms with Gasteiger partial charge in [-0.05, 0) is 37.6 Å². The zero-order chi connectivity index (χ0) is 15.7. The Balaban J connectivity index is 2.17. The molecule has 0 amide bonds. The second-order valence-corrected chi connectivity index (χ2v) is 8.80. The minimum Gasteiger partial charge on any atom is -0.311 e. The van der Waals surface area contributed by atoms with Gasteiger partial charge in [0.15, 0.2) is 9.84 Å². The van der Waals surface area contributed by atoms with E-state index in [1.54, 1.807) is 20.0 Å². The van der Waals surface area contributed by atoms with E-state index < -0.39 is 14.6 Å². The molecule has 0 saturated heterocycles. The molecule has 2 rings (SSSR count). The van der Waals surface area contributed by atoms with E-state index in [2.05, 4.69) is 10.3 Å². The second kappa shape index (κ2) is 5.91. The summed E-state index contributed by atoms with van der Waals surface area (Å²) in [6.45, 7) is 4.35. The van der Waals surface area contributed by atoms with Gasteiger partial charge in [-0.1, -0.05) is 17.7 Å². The molecule has 0 unspecified atom stereocenters. The fraction of sp³-hybridized carbons (Fsp3) is 0.400. The molecular formula is C15H19ClN2O2S. The van der Waals surface area contributed by atoms with Crippen molar-refractivity contribution < 1.29 is 8.42 Å². The van der Waals surface area contributed by atoms with Crippen LogP contribution in [0, 0.1) is 0 Å². The Morgan fingerprint density at radius 3 is 2.67 bits per heavy atom. The predicted molar refractivity (Wildman–Crippen MR) is 87.4 cm³/mol. The molecule has 0 aliphatic carbocycles. The first-order valence-electron chi connectivity index (χ1n) is 6.65. The normalized spacial score (nSPS) is 12.8. The van der Waals surface area contributed by atoms with Gasteiger partial charge in [0.05, 0.1) is 10.3 Å². The standard InChI is InChI=1S/C15H19ClN2O2S/c1-15(2,21(3,19)20)10-17-9-11-6-7-13(16)12-5-4-8-18-14(11)12/h4-8,17H,9-10H2,1-3H3. The van der Waals surface area contributed by atoms with E-state index in [1.807, 2.05) is 24.3 Å². The smallest absolute Gasteiger partial charge is 0.153 e. The minimum absolute atomic E-state index is 0.378. The van der Waals surface area contributed by atoms with Crippen molar-refractivity contribution in [1.29, 1.82) is 0 Å². The second-order valence-electron chi connectivity index (χ2n) is 5.74. The lowest BCUT2D eigenvalue weighted by Crippen LogP contribution is -2.41. The summed E-state index contributed by atoms with van der Waals surface area (Å²) in [5.74, 6) is 0. The molecule has 4 nitrogen and oxygen atoms in total. The van der Waals surface area contributed by atoms with Crippen LogP contribution in [0.3, 0.4) is 0 Å². The average Bonchev–Trinajstić information content (AvgIpc) is 2.40. The maximum absolute atomic E-state index is 11.7. The first-order chi connectivity index (χ1) is 9.72. The summed E-state index contributed by atoms with van der Waals surface area (Å²) in [5, 5.41) is 4.77. The van der Waals surface area contributed by atoms with Crippen LogP contribution in [0.15, 0.2) is 30.5 Å². The quantitative estimate of drug-likeness (QED) is 0.918. The molecule has 0 aliphatic rings. The Morgan fingerprint density at radius 2 is 2.00 bits per heavy atom. The van der Waals surface area contributed by atoms with Gasteiger partial charge in [0.25, 0.3) is 0 Å². The number of sulfone groups is 1. The number of aromatic nitrogens is 1. The number of rotatable bonds is 5. The summed E-state index contributed by atoms with van der Waals surface area (Å²) in [6.07, 6.45) is 2.98. The molecule has 2 aromatic rings. The van der Waals surface area contributed by atoms with Crippen molar-refractivity contribution in [3.05, 3.63) is 41.0 Å². The maximum atomic E-state index is 11.7. The molecule has 0 saturated carbocycles. The highest BCUT2D eigenvalue weighted by atomic mass is 35.5. The number of nitrogens with one attached hydrogen (secondary N) is 1. The van der Waals surface area contributed by atoms with Gasteiger partial charge in [-0.3, -0.25) is 4.98 Å². The van der Waals surface area contributed by atoms with Crippen LogP contribution < -0.4 is 5.32 Å². The topological polar surface area (TPSA) is 59.1 Å². The first-order valence-corrected chi connectivity index (χ1v) is 8.92. The number of pyridine rings is 1. The van der Waals surface area contributed by atoms with Crippen LogP contribution in [0.5, 0.6) is 0 Å². The van der Waals surface area contributed by atoms with Crippen LogP contribution in [-0.4, -0.2) is 30.9 Å². The first kappa shape index (κ1) is 16.2. The summed E-state index contributed by atoms with van der Waals surface area (Å²) in [4.78, 5) is 4.36. The van der Waals surface area contributed by atoms with Crippen LogP contribution >= 0.6 is 11.6 Å². The Morgan fingerprint density at radius 1 is 1.29 bits per heavy atom. The van der Waals surface area contributed by atoms with Gasteiger partial charge in [-0.25, -0.2) is 8.42 Å². The molecule has 0 aliphatic heterocycles. The molecule has 0 atom stereocenters. The number of hydrogen-bond acceptors (Lipinski definition) is 4. The van der Waals surface area contributed by atoms with Gasteiger partial charge in [0.2, 0.25) is 0 Å². The Labute approximate surface area is 130 Å². The van der Waals surface area contributed by atoms with Crippen LogP contribution in [0.25, 0.3) is 10.9 Å². The largest absolute Gasteiger partial charge is 0.311 e. The molecule has 21 heavy (non-hydrogen) atoms. The van der Waals surface area contributed by atoms with Crippen LogP contribution in [0.4, 0.5) is 0 Å². The van der Waals surface area contributed by atoms with Crippen molar-refractivity contribution in [2.24, 2.45) is 0 Å². The van der Waals surface area contributed by atoms with Crippen LogP contribution in [-0.2, 0) is 16.4 Å². The summed E-state index contributed by atoms with van der Waals surface area (Å²) in [7, 11) is -3.11. The van der Waals surface area contributed by atoms with E-state index in [-0.39, 0.29) is 0 Å². The van der Waals surface area contributed by atoms with Gasteiger partial charge in [-0.2, -0.15) is 0 Å². The van der Waals surface area contributed by atoms with Crippen molar-refractivity contribution in [2.45, 2.75) is 25.1 Å². The molecule has 1 N–H and O–H groups in total. The molecule has 6 heteroatoms. The van der Waals surface area contributed by atoms with Crippen molar-refractivity contribution >= 4 is 32.3 Å². The number of benzene rings is 1. The summed E-state index contributed by atoms with van der Waals surface area (Å²) >= 11 is 6.16. The van der Waals surface area contributed by atoms with Gasteiger partial charge in [-0.15, -0.1) is 0 Å². The minimum atomic E-state index is -3.11. The van der Waals surface area contributed by atoms with Crippen molar-refractivity contribution in [2.75, 3.05) is 12.8 Å². The highest BCUT2D eigenvalue weighted by molar-refractivity contribution is 7.92. The molecule has 1 aromatic carbocycles. The average molecular weight is 327 g/mol. The number of fused-ring (bicyclic) bond motifs is 1. The number of nitrogens with zero attached hydrogens (tertiary/aromatic N) is 1. The third kappa shape index (κ3) is 3.54. The highest BCUT2D eigenvalue weighted by Crippen LogP contribution is 2.24. The highest BCUT2D eigenvalue weighted by Gasteiger charge is 2.29. The third-order valence-electron chi connectivity index (χ3n) is 3.67. The molecule has 0 spiro atoms. The Bertz CT molecular complexity index is 757. The lowest BCUT2D eigenvalue weighted by Gasteiger charge is -2.23. The predicted octanol–water partition coefficient (Wildman–Crippen LogP) is 2.80. The van der Waals surface area contributed by atoms with Gasteiger partial charge in [0, 0.05) is 36.0 Å². The summed E-state index contributed by atoms with van der Waals surface area (Å²) in [6, 6.07) is 7.52. The lowest BCUT2D eigenvalue weighted by atomic mass is 10.1. The van der Waals surface area contributed by atoms with E-state index in [4.69, 9.17) is 11.6 Å². The van der Waals surface area contributed by atoms with Gasteiger partial charge >= 0.3 is 0 Å². The van der Waals surface area contributed by atoms with Crippen molar-refractivity contribution in [3.63, 3.8) is 0 Å². The molecular weight excluding hydrogens is 308 g/mol. The fourth-order valence-corrected chi connectivity index (χ4v) is 2.55. The molecule has 0 bridgehead atoms. The van der Waals surface area contributed by atoms with E-state index in [0.717, 1.165) is 16.5 Å². The summed E-state index contributed by atoms with van der Waals surface area (Å²) in [5.41, 5.74) is 1.84. The van der Waals surface area contributed by atoms with E-state index in [9.17, 15) is 8.42 Å². The monoisotopic (exact) mass is 326 g/mol. The maximum Gasteiger partial charge on any atom is 0.153 e. The van der Waals surface area contributed by atoms with Gasteiger partial charge < -0.3 is 5.32 Å². The summed E-state index contributed by atoms with van der Waals surface area (Å²) < 4.78 is 22.6. The fourth-order valence-electron chi connectivity index (χ4n) is 1.97. The molecule has 0 fully saturated rings. The SMILES string of the molecule is CC(C)(CNCc1ccc(Cl)c2cccnc12)S(C)(=O)=O.